The summed E-state index contributed by atoms with van der Waals surface area (Å²) in [4.78, 5) is 16.5. The summed E-state index contributed by atoms with van der Waals surface area (Å²) >= 11 is 5.90. The van der Waals surface area contributed by atoms with Crippen molar-refractivity contribution in [3.63, 3.8) is 0 Å². The Bertz CT molecular complexity index is 874. The monoisotopic (exact) mass is 420 g/mol. The van der Waals surface area contributed by atoms with Crippen LogP contribution in [0.15, 0.2) is 40.3 Å². The van der Waals surface area contributed by atoms with Crippen molar-refractivity contribution in [1.29, 1.82) is 0 Å². The Hall–Kier alpha value is -1.92. The molecular weight excluding hydrogens is 396 g/mol. The van der Waals surface area contributed by atoms with Gasteiger partial charge < -0.3 is 9.73 Å². The highest BCUT2D eigenvalue weighted by molar-refractivity contribution is 7.84. The van der Waals surface area contributed by atoms with Crippen LogP contribution in [-0.2, 0) is 21.3 Å². The molecule has 150 valence electrons. The molecular formula is C21H25ClN2O3S. The summed E-state index contributed by atoms with van der Waals surface area (Å²) in [5.74, 6) is 1.06. The minimum Gasteiger partial charge on any atom is -0.441 e. The van der Waals surface area contributed by atoms with Crippen molar-refractivity contribution in [2.75, 3.05) is 12.3 Å². The van der Waals surface area contributed by atoms with Gasteiger partial charge in [-0.25, -0.2) is 4.98 Å². The number of allylic oxidation sites excluding steroid dienone is 1. The van der Waals surface area contributed by atoms with Gasteiger partial charge in [0.25, 0.3) is 0 Å². The predicted octanol–water partition coefficient (Wildman–Crippen LogP) is 4.56. The van der Waals surface area contributed by atoms with Gasteiger partial charge >= 0.3 is 0 Å². The van der Waals surface area contributed by atoms with E-state index in [4.69, 9.17) is 16.0 Å². The first-order chi connectivity index (χ1) is 13.5. The summed E-state index contributed by atoms with van der Waals surface area (Å²) in [6.07, 6.45) is 7.92. The van der Waals surface area contributed by atoms with E-state index >= 15 is 0 Å². The number of hydrogen-bond donors (Lipinski definition) is 1. The standard InChI is InChI=1S/C21H25ClN2O3S/c1-15-19(24-21(27-15)17-7-9-18(22)10-8-17)13-28(26)14-20(25)23-12-11-16-5-3-2-4-6-16/h5,7-10H,2-4,6,11-14H2,1H3,(H,23,25)/t28-/m1/s1. The number of aryl methyl sites for hydroxylation is 1. The molecule has 0 spiro atoms. The van der Waals surface area contributed by atoms with E-state index in [2.05, 4.69) is 16.4 Å². The molecule has 0 saturated heterocycles. The maximum atomic E-state index is 12.4. The lowest BCUT2D eigenvalue weighted by molar-refractivity contribution is -0.118. The molecule has 3 rings (SSSR count). The molecule has 1 aromatic heterocycles. The highest BCUT2D eigenvalue weighted by atomic mass is 35.5. The zero-order valence-corrected chi connectivity index (χ0v) is 17.6. The van der Waals surface area contributed by atoms with Gasteiger partial charge in [0.1, 0.15) is 11.5 Å². The van der Waals surface area contributed by atoms with E-state index in [1.54, 1.807) is 19.1 Å². The Morgan fingerprint density at radius 3 is 2.79 bits per heavy atom. The smallest absolute Gasteiger partial charge is 0.232 e. The van der Waals surface area contributed by atoms with E-state index in [9.17, 15) is 9.00 Å². The molecule has 0 unspecified atom stereocenters. The van der Waals surface area contributed by atoms with Gasteiger partial charge in [0.15, 0.2) is 0 Å². The maximum Gasteiger partial charge on any atom is 0.232 e. The van der Waals surface area contributed by atoms with E-state index in [1.807, 2.05) is 12.1 Å². The molecule has 1 atom stereocenters. The highest BCUT2D eigenvalue weighted by Crippen LogP contribution is 2.24. The fourth-order valence-corrected chi connectivity index (χ4v) is 4.37. The molecule has 0 fully saturated rings. The first-order valence-corrected chi connectivity index (χ1v) is 11.4. The minimum atomic E-state index is -1.34. The van der Waals surface area contributed by atoms with E-state index < -0.39 is 10.8 Å². The van der Waals surface area contributed by atoms with Gasteiger partial charge in [-0.2, -0.15) is 0 Å². The van der Waals surface area contributed by atoms with Gasteiger partial charge in [0, 0.05) is 27.9 Å². The molecule has 0 bridgehead atoms. The molecule has 1 aliphatic carbocycles. The van der Waals surface area contributed by atoms with Crippen molar-refractivity contribution < 1.29 is 13.4 Å². The highest BCUT2D eigenvalue weighted by Gasteiger charge is 2.16. The second-order valence-corrected chi connectivity index (χ2v) is 8.86. The van der Waals surface area contributed by atoms with Crippen LogP contribution in [0.25, 0.3) is 11.5 Å². The molecule has 1 aliphatic rings. The number of benzene rings is 1. The first kappa shape index (κ1) is 20.8. The SMILES string of the molecule is Cc1oc(-c2ccc(Cl)cc2)nc1C[S@@](=O)CC(=O)NCCC1=CCCCC1. The summed E-state index contributed by atoms with van der Waals surface area (Å²) in [5.41, 5.74) is 2.84. The first-order valence-electron chi connectivity index (χ1n) is 9.53. The van der Waals surface area contributed by atoms with Gasteiger partial charge in [-0.15, -0.1) is 0 Å². The summed E-state index contributed by atoms with van der Waals surface area (Å²) in [7, 11) is -1.34. The van der Waals surface area contributed by atoms with Gasteiger partial charge in [-0.05, 0) is 63.3 Å². The molecule has 1 amide bonds. The largest absolute Gasteiger partial charge is 0.441 e. The number of oxazole rings is 1. The number of carbonyl (C=O) groups excluding carboxylic acids is 1. The van der Waals surface area contributed by atoms with Crippen LogP contribution in [0, 0.1) is 6.92 Å². The zero-order valence-electron chi connectivity index (χ0n) is 16.0. The minimum absolute atomic E-state index is 0.0262. The van der Waals surface area contributed by atoms with Crippen molar-refractivity contribution in [2.24, 2.45) is 0 Å². The number of nitrogens with one attached hydrogen (secondary N) is 1. The number of amides is 1. The lowest BCUT2D eigenvalue weighted by Gasteiger charge is -2.12. The second kappa shape index (κ2) is 10.0. The quantitative estimate of drug-likeness (QED) is 0.635. The average Bonchev–Trinajstić information content (AvgIpc) is 3.03. The Morgan fingerprint density at radius 1 is 1.29 bits per heavy atom. The summed E-state index contributed by atoms with van der Waals surface area (Å²) in [6.45, 7) is 2.39. The van der Waals surface area contributed by atoms with Crippen LogP contribution in [0.1, 0.15) is 43.6 Å². The zero-order chi connectivity index (χ0) is 19.9. The summed E-state index contributed by atoms with van der Waals surface area (Å²) < 4.78 is 18.1. The Morgan fingerprint density at radius 2 is 2.07 bits per heavy atom. The molecule has 1 heterocycles. The van der Waals surface area contributed by atoms with E-state index in [1.165, 1.54) is 18.4 Å². The number of hydrogen-bond acceptors (Lipinski definition) is 4. The van der Waals surface area contributed by atoms with E-state index in [0.717, 1.165) is 24.8 Å². The normalized spacial score (nSPS) is 15.1. The van der Waals surface area contributed by atoms with Crippen LogP contribution in [-0.4, -0.2) is 27.4 Å². The molecule has 5 nitrogen and oxygen atoms in total. The van der Waals surface area contributed by atoms with Crippen molar-refractivity contribution >= 4 is 28.3 Å². The lowest BCUT2D eigenvalue weighted by atomic mass is 9.97. The molecule has 2 aromatic rings. The van der Waals surface area contributed by atoms with Crippen LogP contribution >= 0.6 is 11.6 Å². The van der Waals surface area contributed by atoms with Crippen molar-refractivity contribution in [1.82, 2.24) is 10.3 Å². The van der Waals surface area contributed by atoms with E-state index in [0.29, 0.717) is 28.9 Å². The molecule has 28 heavy (non-hydrogen) atoms. The van der Waals surface area contributed by atoms with Gasteiger partial charge in [-0.3, -0.25) is 9.00 Å². The van der Waals surface area contributed by atoms with Gasteiger partial charge in [0.05, 0.1) is 11.4 Å². The molecule has 0 saturated carbocycles. The third-order valence-electron chi connectivity index (χ3n) is 4.73. The van der Waals surface area contributed by atoms with E-state index in [-0.39, 0.29) is 17.4 Å². The average molecular weight is 421 g/mol. The second-order valence-electron chi connectivity index (χ2n) is 6.97. The van der Waals surface area contributed by atoms with Crippen LogP contribution < -0.4 is 5.32 Å². The Kier molecular flexibility index (Phi) is 7.45. The number of aromatic nitrogens is 1. The molecule has 0 aliphatic heterocycles. The maximum absolute atomic E-state index is 12.4. The summed E-state index contributed by atoms with van der Waals surface area (Å²) in [6, 6.07) is 7.18. The summed E-state index contributed by atoms with van der Waals surface area (Å²) in [5, 5.41) is 3.51. The Balaban J connectivity index is 1.48. The fraction of sp³-hybridized carbons (Fsp3) is 0.429. The van der Waals surface area contributed by atoms with Crippen molar-refractivity contribution in [2.45, 2.75) is 44.8 Å². The third kappa shape index (κ3) is 6.04. The molecule has 0 radical (unpaired) electrons. The number of rotatable bonds is 8. The number of nitrogens with zero attached hydrogens (tertiary/aromatic N) is 1. The number of carbonyl (C=O) groups is 1. The van der Waals surface area contributed by atoms with Crippen LogP contribution in [0.2, 0.25) is 5.02 Å². The predicted molar refractivity (Wildman–Crippen MR) is 113 cm³/mol. The van der Waals surface area contributed by atoms with Crippen molar-refractivity contribution in [3.8, 4) is 11.5 Å². The molecule has 7 heteroatoms. The van der Waals surface area contributed by atoms with Crippen LogP contribution in [0.3, 0.4) is 0 Å². The molecule has 1 N–H and O–H groups in total. The fourth-order valence-electron chi connectivity index (χ4n) is 3.17. The topological polar surface area (TPSA) is 72.2 Å². The lowest BCUT2D eigenvalue weighted by Crippen LogP contribution is -2.29. The van der Waals surface area contributed by atoms with Crippen LogP contribution in [0.4, 0.5) is 0 Å². The molecule has 1 aromatic carbocycles. The van der Waals surface area contributed by atoms with Gasteiger partial charge in [-0.1, -0.05) is 23.3 Å². The van der Waals surface area contributed by atoms with Gasteiger partial charge in [0.2, 0.25) is 11.8 Å². The Labute approximate surface area is 173 Å². The third-order valence-corrected chi connectivity index (χ3v) is 6.16. The van der Waals surface area contributed by atoms with Crippen molar-refractivity contribution in [3.05, 3.63) is 52.4 Å². The van der Waals surface area contributed by atoms with Crippen LogP contribution in [0.5, 0.6) is 0 Å². The number of halogens is 1.